The third-order valence-electron chi connectivity index (χ3n) is 3.00. The summed E-state index contributed by atoms with van der Waals surface area (Å²) in [6, 6.07) is 12.6. The van der Waals surface area contributed by atoms with E-state index in [9.17, 15) is 0 Å². The van der Waals surface area contributed by atoms with Crippen molar-refractivity contribution in [3.63, 3.8) is 0 Å². The van der Waals surface area contributed by atoms with Gasteiger partial charge in [0.15, 0.2) is 0 Å². The molecule has 0 unspecified atom stereocenters. The Morgan fingerprint density at radius 2 is 1.95 bits per heavy atom. The zero-order valence-electron chi connectivity index (χ0n) is 11.2. The lowest BCUT2D eigenvalue weighted by atomic mass is 10.1. The number of aryl methyl sites for hydroxylation is 1. The SMILES string of the molecule is Cc1cc2c(NCCc3ccccc3)ncnc2s1.Cl. The summed E-state index contributed by atoms with van der Waals surface area (Å²) in [6.45, 7) is 2.98. The van der Waals surface area contributed by atoms with E-state index in [1.54, 1.807) is 17.7 Å². The highest BCUT2D eigenvalue weighted by Crippen LogP contribution is 2.27. The first-order valence-corrected chi connectivity index (χ1v) is 7.13. The molecule has 3 aromatic rings. The fourth-order valence-corrected chi connectivity index (χ4v) is 2.93. The van der Waals surface area contributed by atoms with Gasteiger partial charge in [0, 0.05) is 11.4 Å². The van der Waals surface area contributed by atoms with Crippen LogP contribution >= 0.6 is 23.7 Å². The van der Waals surface area contributed by atoms with Crippen molar-refractivity contribution < 1.29 is 0 Å². The lowest BCUT2D eigenvalue weighted by Gasteiger charge is -2.06. The normalized spacial score (nSPS) is 10.2. The van der Waals surface area contributed by atoms with Gasteiger partial charge in [-0.05, 0) is 25.0 Å². The molecule has 0 amide bonds. The first-order chi connectivity index (χ1) is 9.33. The highest BCUT2D eigenvalue weighted by atomic mass is 35.5. The van der Waals surface area contributed by atoms with E-state index < -0.39 is 0 Å². The van der Waals surface area contributed by atoms with Gasteiger partial charge in [0.2, 0.25) is 0 Å². The lowest BCUT2D eigenvalue weighted by Crippen LogP contribution is -2.06. The summed E-state index contributed by atoms with van der Waals surface area (Å²) in [7, 11) is 0. The molecule has 1 aromatic carbocycles. The number of nitrogens with zero attached hydrogens (tertiary/aromatic N) is 2. The number of nitrogens with one attached hydrogen (secondary N) is 1. The standard InChI is InChI=1S/C15H15N3S.ClH/c1-11-9-13-14(17-10-18-15(13)19-11)16-8-7-12-5-3-2-4-6-12;/h2-6,9-10H,7-8H2,1H3,(H,16,17,18);1H. The number of hydrogen-bond acceptors (Lipinski definition) is 4. The molecule has 0 aliphatic heterocycles. The monoisotopic (exact) mass is 305 g/mol. The van der Waals surface area contributed by atoms with E-state index in [1.807, 2.05) is 6.07 Å². The van der Waals surface area contributed by atoms with Crippen LogP contribution in [0.1, 0.15) is 10.4 Å². The van der Waals surface area contributed by atoms with E-state index in [0.29, 0.717) is 0 Å². The van der Waals surface area contributed by atoms with Crippen LogP contribution in [-0.4, -0.2) is 16.5 Å². The van der Waals surface area contributed by atoms with Crippen LogP contribution in [0.25, 0.3) is 10.2 Å². The number of fused-ring (bicyclic) bond motifs is 1. The maximum atomic E-state index is 4.34. The molecule has 1 N–H and O–H groups in total. The minimum absolute atomic E-state index is 0. The van der Waals surface area contributed by atoms with Crippen molar-refractivity contribution in [1.82, 2.24) is 9.97 Å². The lowest BCUT2D eigenvalue weighted by molar-refractivity contribution is 1.01. The van der Waals surface area contributed by atoms with Crippen LogP contribution in [0.3, 0.4) is 0 Å². The summed E-state index contributed by atoms with van der Waals surface area (Å²) in [4.78, 5) is 10.9. The van der Waals surface area contributed by atoms with Gasteiger partial charge >= 0.3 is 0 Å². The van der Waals surface area contributed by atoms with Gasteiger partial charge in [-0.3, -0.25) is 0 Å². The van der Waals surface area contributed by atoms with Crippen LogP contribution in [0.4, 0.5) is 5.82 Å². The van der Waals surface area contributed by atoms with Gasteiger partial charge in [-0.25, -0.2) is 9.97 Å². The summed E-state index contributed by atoms with van der Waals surface area (Å²) in [5.74, 6) is 0.935. The molecule has 3 rings (SSSR count). The van der Waals surface area contributed by atoms with Crippen molar-refractivity contribution in [3.8, 4) is 0 Å². The topological polar surface area (TPSA) is 37.8 Å². The first-order valence-electron chi connectivity index (χ1n) is 6.32. The predicted octanol–water partition coefficient (Wildman–Crippen LogP) is 4.08. The fraction of sp³-hybridized carbons (Fsp3) is 0.200. The summed E-state index contributed by atoms with van der Waals surface area (Å²) >= 11 is 1.71. The average molecular weight is 306 g/mol. The Kier molecular flexibility index (Phi) is 4.93. The van der Waals surface area contributed by atoms with Gasteiger partial charge < -0.3 is 5.32 Å². The summed E-state index contributed by atoms with van der Waals surface area (Å²) < 4.78 is 0. The Morgan fingerprint density at radius 3 is 2.75 bits per heavy atom. The molecule has 5 heteroatoms. The first kappa shape index (κ1) is 14.8. The maximum Gasteiger partial charge on any atom is 0.138 e. The van der Waals surface area contributed by atoms with Crippen molar-refractivity contribution in [2.45, 2.75) is 13.3 Å². The fourth-order valence-electron chi connectivity index (χ4n) is 2.09. The van der Waals surface area contributed by atoms with Crippen LogP contribution in [0.5, 0.6) is 0 Å². The molecule has 0 spiro atoms. The van der Waals surface area contributed by atoms with Crippen molar-refractivity contribution in [2.24, 2.45) is 0 Å². The molecule has 0 atom stereocenters. The van der Waals surface area contributed by atoms with E-state index in [2.05, 4.69) is 52.5 Å². The second kappa shape index (κ2) is 6.68. The van der Waals surface area contributed by atoms with Crippen LogP contribution < -0.4 is 5.32 Å². The van der Waals surface area contributed by atoms with E-state index >= 15 is 0 Å². The van der Waals surface area contributed by atoms with Crippen LogP contribution in [0.2, 0.25) is 0 Å². The molecule has 2 aromatic heterocycles. The van der Waals surface area contributed by atoms with Crippen molar-refractivity contribution in [1.29, 1.82) is 0 Å². The molecule has 3 nitrogen and oxygen atoms in total. The molecular weight excluding hydrogens is 290 g/mol. The molecule has 2 heterocycles. The van der Waals surface area contributed by atoms with Gasteiger partial charge in [-0.2, -0.15) is 0 Å². The van der Waals surface area contributed by atoms with E-state index in [-0.39, 0.29) is 12.4 Å². The highest BCUT2D eigenvalue weighted by molar-refractivity contribution is 7.18. The summed E-state index contributed by atoms with van der Waals surface area (Å²) in [5, 5.41) is 4.53. The van der Waals surface area contributed by atoms with E-state index in [4.69, 9.17) is 0 Å². The van der Waals surface area contributed by atoms with E-state index in [1.165, 1.54) is 10.4 Å². The minimum atomic E-state index is 0. The number of hydrogen-bond donors (Lipinski definition) is 1. The molecule has 0 aliphatic rings. The zero-order valence-corrected chi connectivity index (χ0v) is 12.8. The number of aromatic nitrogens is 2. The molecule has 0 saturated heterocycles. The smallest absolute Gasteiger partial charge is 0.138 e. The summed E-state index contributed by atoms with van der Waals surface area (Å²) in [5.41, 5.74) is 1.33. The molecular formula is C15H16ClN3S. The van der Waals surface area contributed by atoms with Gasteiger partial charge in [0.1, 0.15) is 17.0 Å². The predicted molar refractivity (Wildman–Crippen MR) is 88.0 cm³/mol. The van der Waals surface area contributed by atoms with Gasteiger partial charge in [0.25, 0.3) is 0 Å². The maximum absolute atomic E-state index is 4.34. The second-order valence-corrected chi connectivity index (χ2v) is 5.70. The number of halogens is 1. The molecule has 20 heavy (non-hydrogen) atoms. The Balaban J connectivity index is 0.00000147. The number of rotatable bonds is 4. The van der Waals surface area contributed by atoms with Crippen LogP contribution in [0, 0.1) is 6.92 Å². The van der Waals surface area contributed by atoms with Crippen molar-refractivity contribution in [2.75, 3.05) is 11.9 Å². The van der Waals surface area contributed by atoms with Gasteiger partial charge in [-0.15, -0.1) is 23.7 Å². The number of thiophene rings is 1. The molecule has 0 saturated carbocycles. The van der Waals surface area contributed by atoms with Crippen LogP contribution in [0.15, 0.2) is 42.7 Å². The third-order valence-corrected chi connectivity index (χ3v) is 3.96. The Hall–Kier alpha value is -1.65. The van der Waals surface area contributed by atoms with Crippen LogP contribution in [-0.2, 0) is 6.42 Å². The van der Waals surface area contributed by atoms with Gasteiger partial charge in [-0.1, -0.05) is 30.3 Å². The second-order valence-electron chi connectivity index (χ2n) is 4.46. The summed E-state index contributed by atoms with van der Waals surface area (Å²) in [6.07, 6.45) is 2.62. The van der Waals surface area contributed by atoms with Crippen molar-refractivity contribution >= 4 is 39.8 Å². The molecule has 104 valence electrons. The Labute approximate surface area is 128 Å². The number of anilines is 1. The molecule has 0 aliphatic carbocycles. The minimum Gasteiger partial charge on any atom is -0.369 e. The highest BCUT2D eigenvalue weighted by Gasteiger charge is 2.06. The Bertz CT molecular complexity index is 682. The third kappa shape index (κ3) is 3.26. The molecule has 0 radical (unpaired) electrons. The number of benzene rings is 1. The average Bonchev–Trinajstić information content (AvgIpc) is 2.81. The van der Waals surface area contributed by atoms with Gasteiger partial charge in [0.05, 0.1) is 5.39 Å². The Morgan fingerprint density at radius 1 is 1.15 bits per heavy atom. The largest absolute Gasteiger partial charge is 0.369 e. The van der Waals surface area contributed by atoms with Crippen molar-refractivity contribution in [3.05, 3.63) is 53.2 Å². The quantitative estimate of drug-likeness (QED) is 0.789. The molecule has 0 bridgehead atoms. The molecule has 0 fully saturated rings. The zero-order chi connectivity index (χ0) is 13.1. The van der Waals surface area contributed by atoms with E-state index in [0.717, 1.165) is 29.0 Å².